The number of benzene rings is 2. The minimum absolute atomic E-state index is 0.287. The number of rotatable bonds is 7. The normalized spacial score (nSPS) is 10.6. The van der Waals surface area contributed by atoms with E-state index in [4.69, 9.17) is 4.74 Å². The van der Waals surface area contributed by atoms with Crippen molar-refractivity contribution < 1.29 is 18.7 Å². The molecule has 148 valence electrons. The van der Waals surface area contributed by atoms with Gasteiger partial charge in [-0.25, -0.2) is 19.2 Å². The van der Waals surface area contributed by atoms with Crippen LogP contribution in [0.15, 0.2) is 59.8 Å². The fraction of sp³-hybridized carbons (Fsp3) is 0.182. The van der Waals surface area contributed by atoms with Gasteiger partial charge in [-0.15, -0.1) is 0 Å². The number of Topliss-reactive ketones (excluding diaryl/α,β-unsaturated/α-hetero) is 1. The topological polar surface area (TPSA) is 69.2 Å². The number of aromatic nitrogens is 2. The SMILES string of the molecule is Cc1cc(C)nc(SCc2ccccc2C(=O)OCC(=O)c2ccc(F)cc2)n1. The summed E-state index contributed by atoms with van der Waals surface area (Å²) in [5, 5.41) is 0.636. The fourth-order valence-electron chi connectivity index (χ4n) is 2.67. The van der Waals surface area contributed by atoms with E-state index < -0.39 is 24.2 Å². The molecule has 0 radical (unpaired) electrons. The molecule has 1 aromatic heterocycles. The zero-order valence-electron chi connectivity index (χ0n) is 16.0. The van der Waals surface area contributed by atoms with Crippen molar-refractivity contribution in [1.82, 2.24) is 9.97 Å². The summed E-state index contributed by atoms with van der Waals surface area (Å²) >= 11 is 1.42. The largest absolute Gasteiger partial charge is 0.454 e. The Morgan fingerprint density at radius 2 is 1.66 bits per heavy atom. The molecule has 3 aromatic rings. The number of aryl methyl sites for hydroxylation is 2. The average Bonchev–Trinajstić information content (AvgIpc) is 2.70. The van der Waals surface area contributed by atoms with Gasteiger partial charge in [-0.1, -0.05) is 30.0 Å². The Morgan fingerprint density at radius 1 is 1.00 bits per heavy atom. The van der Waals surface area contributed by atoms with Gasteiger partial charge in [0, 0.05) is 22.7 Å². The minimum Gasteiger partial charge on any atom is -0.454 e. The Hall–Kier alpha value is -3.06. The van der Waals surface area contributed by atoms with Crippen molar-refractivity contribution in [3.63, 3.8) is 0 Å². The third-order valence-electron chi connectivity index (χ3n) is 4.06. The van der Waals surface area contributed by atoms with Crippen LogP contribution in [-0.4, -0.2) is 28.3 Å². The molecule has 0 atom stereocenters. The van der Waals surface area contributed by atoms with E-state index in [0.717, 1.165) is 17.0 Å². The Labute approximate surface area is 172 Å². The monoisotopic (exact) mass is 410 g/mol. The van der Waals surface area contributed by atoms with Crippen LogP contribution in [0.4, 0.5) is 4.39 Å². The Kier molecular flexibility index (Phi) is 6.72. The molecule has 29 heavy (non-hydrogen) atoms. The summed E-state index contributed by atoms with van der Waals surface area (Å²) in [7, 11) is 0. The third-order valence-corrected chi connectivity index (χ3v) is 4.95. The summed E-state index contributed by atoms with van der Waals surface area (Å²) in [6.07, 6.45) is 0. The zero-order chi connectivity index (χ0) is 20.8. The number of carbonyl (C=O) groups is 2. The predicted octanol–water partition coefficient (Wildman–Crippen LogP) is 4.56. The van der Waals surface area contributed by atoms with Crippen LogP contribution in [0.25, 0.3) is 0 Å². The summed E-state index contributed by atoms with van der Waals surface area (Å²) in [6, 6.07) is 14.1. The molecule has 0 bridgehead atoms. The molecule has 3 rings (SSSR count). The molecule has 0 unspecified atom stereocenters. The maximum Gasteiger partial charge on any atom is 0.338 e. The molecule has 0 amide bonds. The zero-order valence-corrected chi connectivity index (χ0v) is 16.8. The second-order valence-corrected chi connectivity index (χ2v) is 7.33. The van der Waals surface area contributed by atoms with Gasteiger partial charge in [0.05, 0.1) is 5.56 Å². The van der Waals surface area contributed by atoms with Crippen LogP contribution in [0.3, 0.4) is 0 Å². The van der Waals surface area contributed by atoms with Crippen LogP contribution in [0.5, 0.6) is 0 Å². The molecule has 1 heterocycles. The summed E-state index contributed by atoms with van der Waals surface area (Å²) in [4.78, 5) is 33.4. The number of nitrogens with zero attached hydrogens (tertiary/aromatic N) is 2. The number of ketones is 1. The highest BCUT2D eigenvalue weighted by molar-refractivity contribution is 7.98. The number of halogens is 1. The van der Waals surface area contributed by atoms with E-state index in [9.17, 15) is 14.0 Å². The molecule has 0 fully saturated rings. The van der Waals surface area contributed by atoms with Gasteiger partial charge in [-0.05, 0) is 55.8 Å². The number of carbonyl (C=O) groups excluding carboxylic acids is 2. The van der Waals surface area contributed by atoms with Crippen LogP contribution < -0.4 is 0 Å². The van der Waals surface area contributed by atoms with E-state index in [1.807, 2.05) is 32.0 Å². The maximum atomic E-state index is 13.0. The predicted molar refractivity (Wildman–Crippen MR) is 109 cm³/mol. The third kappa shape index (κ3) is 5.71. The van der Waals surface area contributed by atoms with E-state index >= 15 is 0 Å². The fourth-order valence-corrected chi connectivity index (χ4v) is 3.63. The summed E-state index contributed by atoms with van der Waals surface area (Å²) in [5.41, 5.74) is 3.20. The molecule has 0 aliphatic carbocycles. The van der Waals surface area contributed by atoms with Crippen molar-refractivity contribution in [2.75, 3.05) is 6.61 Å². The lowest BCUT2D eigenvalue weighted by molar-refractivity contribution is 0.0474. The molecule has 0 aliphatic heterocycles. The quantitative estimate of drug-likeness (QED) is 0.246. The van der Waals surface area contributed by atoms with Crippen LogP contribution in [0, 0.1) is 19.7 Å². The molecular formula is C22H19FN2O3S. The molecule has 0 aliphatic rings. The lowest BCUT2D eigenvalue weighted by atomic mass is 10.1. The lowest BCUT2D eigenvalue weighted by Gasteiger charge is -2.09. The van der Waals surface area contributed by atoms with E-state index in [1.54, 1.807) is 12.1 Å². The number of hydrogen-bond donors (Lipinski definition) is 0. The number of thioether (sulfide) groups is 1. The Morgan fingerprint density at radius 3 is 2.34 bits per heavy atom. The minimum atomic E-state index is -0.585. The highest BCUT2D eigenvalue weighted by Gasteiger charge is 2.16. The standard InChI is InChI=1S/C22H19FN2O3S/c1-14-11-15(2)25-22(24-14)29-13-17-5-3-4-6-19(17)21(27)28-12-20(26)16-7-9-18(23)10-8-16/h3-11H,12-13H2,1-2H3. The Bertz CT molecular complexity index is 1020. The molecule has 2 aromatic carbocycles. The first-order valence-electron chi connectivity index (χ1n) is 8.91. The first-order valence-corrected chi connectivity index (χ1v) is 9.90. The summed E-state index contributed by atoms with van der Waals surface area (Å²) < 4.78 is 18.1. The van der Waals surface area contributed by atoms with E-state index in [0.29, 0.717) is 16.5 Å². The summed E-state index contributed by atoms with van der Waals surface area (Å²) in [6.45, 7) is 3.40. The molecule has 5 nitrogen and oxygen atoms in total. The van der Waals surface area contributed by atoms with Crippen molar-refractivity contribution in [3.05, 3.63) is 88.5 Å². The second-order valence-electron chi connectivity index (χ2n) is 6.39. The second kappa shape index (κ2) is 9.43. The molecular weight excluding hydrogens is 391 g/mol. The van der Waals surface area contributed by atoms with E-state index in [1.165, 1.54) is 36.0 Å². The van der Waals surface area contributed by atoms with Gasteiger partial charge in [0.25, 0.3) is 0 Å². The van der Waals surface area contributed by atoms with Crippen LogP contribution in [0.1, 0.15) is 37.7 Å². The van der Waals surface area contributed by atoms with Crippen molar-refractivity contribution in [2.24, 2.45) is 0 Å². The summed E-state index contributed by atoms with van der Waals surface area (Å²) in [5.74, 6) is -0.926. The van der Waals surface area contributed by atoms with Gasteiger partial charge in [0.2, 0.25) is 0 Å². The van der Waals surface area contributed by atoms with E-state index in [-0.39, 0.29) is 5.56 Å². The van der Waals surface area contributed by atoms with Crippen LogP contribution >= 0.6 is 11.8 Å². The molecule has 7 heteroatoms. The van der Waals surface area contributed by atoms with E-state index in [2.05, 4.69) is 9.97 Å². The van der Waals surface area contributed by atoms with Gasteiger partial charge < -0.3 is 4.74 Å². The molecule has 0 saturated carbocycles. The smallest absolute Gasteiger partial charge is 0.338 e. The van der Waals surface area contributed by atoms with Gasteiger partial charge in [-0.3, -0.25) is 4.79 Å². The first kappa shape index (κ1) is 20.7. The highest BCUT2D eigenvalue weighted by atomic mass is 32.2. The number of esters is 1. The van der Waals surface area contributed by atoms with Gasteiger partial charge in [0.15, 0.2) is 17.5 Å². The number of hydrogen-bond acceptors (Lipinski definition) is 6. The van der Waals surface area contributed by atoms with Gasteiger partial charge >= 0.3 is 5.97 Å². The van der Waals surface area contributed by atoms with Crippen molar-refractivity contribution >= 4 is 23.5 Å². The maximum absolute atomic E-state index is 13.0. The molecule has 0 saturated heterocycles. The lowest BCUT2D eigenvalue weighted by Crippen LogP contribution is -2.15. The highest BCUT2D eigenvalue weighted by Crippen LogP contribution is 2.23. The van der Waals surface area contributed by atoms with Crippen LogP contribution in [0.2, 0.25) is 0 Å². The van der Waals surface area contributed by atoms with Crippen molar-refractivity contribution in [1.29, 1.82) is 0 Å². The average molecular weight is 410 g/mol. The van der Waals surface area contributed by atoms with Crippen LogP contribution in [-0.2, 0) is 10.5 Å². The first-order chi connectivity index (χ1) is 13.9. The van der Waals surface area contributed by atoms with Crippen molar-refractivity contribution in [2.45, 2.75) is 24.8 Å². The van der Waals surface area contributed by atoms with Gasteiger partial charge in [-0.2, -0.15) is 0 Å². The number of ether oxygens (including phenoxy) is 1. The molecule has 0 N–H and O–H groups in total. The Balaban J connectivity index is 1.65. The molecule has 0 spiro atoms. The van der Waals surface area contributed by atoms with Crippen molar-refractivity contribution in [3.8, 4) is 0 Å². The van der Waals surface area contributed by atoms with Gasteiger partial charge in [0.1, 0.15) is 5.82 Å².